The first kappa shape index (κ1) is 35.9. The van der Waals surface area contributed by atoms with Gasteiger partial charge in [0.25, 0.3) is 0 Å². The molecule has 45 heavy (non-hydrogen) atoms. The Balaban J connectivity index is 2.36. The standard InChI is InChI=1S/C30H43N9O6/c1-18(28(44)45-3)39(2)27(43)24(17-19-8-5-4-6-9-19)37-25(41)22(10-7-15-35-29(31)32)36-26(42)23(38-30(33)34)16-20-11-13-21(40)14-12-20/h4-6,8-9,11-14,18,22-24,40H,7,10,15-17H2,1-3H3,(H,36,42)(H,37,41)(H4,31,32,35)(H4,33,34,38)/t18-,22+,23-,24-/m0/s1. The van der Waals surface area contributed by atoms with E-state index in [9.17, 15) is 24.3 Å². The van der Waals surface area contributed by atoms with E-state index in [2.05, 4.69) is 20.6 Å². The number of amides is 3. The molecular weight excluding hydrogens is 582 g/mol. The highest BCUT2D eigenvalue weighted by Gasteiger charge is 2.33. The van der Waals surface area contributed by atoms with Gasteiger partial charge in [-0.25, -0.2) is 9.79 Å². The molecule has 4 atom stereocenters. The lowest BCUT2D eigenvalue weighted by molar-refractivity contribution is -0.152. The van der Waals surface area contributed by atoms with Crippen molar-refractivity contribution in [3.63, 3.8) is 0 Å². The van der Waals surface area contributed by atoms with Gasteiger partial charge in [0.1, 0.15) is 29.9 Å². The number of guanidine groups is 2. The number of carbonyl (C=O) groups is 4. The van der Waals surface area contributed by atoms with Crippen LogP contribution in [0.4, 0.5) is 0 Å². The molecule has 0 aromatic heterocycles. The zero-order chi connectivity index (χ0) is 33.5. The number of likely N-dealkylation sites (N-methyl/N-ethyl adjacent to an activating group) is 1. The van der Waals surface area contributed by atoms with E-state index in [0.29, 0.717) is 12.0 Å². The predicted molar refractivity (Wildman–Crippen MR) is 170 cm³/mol. The minimum Gasteiger partial charge on any atom is -0.508 e. The third-order valence-electron chi connectivity index (χ3n) is 6.92. The Kier molecular flexibility index (Phi) is 14.1. The number of rotatable bonds is 16. The van der Waals surface area contributed by atoms with Gasteiger partial charge in [0.15, 0.2) is 11.9 Å². The first-order chi connectivity index (χ1) is 21.3. The van der Waals surface area contributed by atoms with Crippen LogP contribution in [0.5, 0.6) is 5.75 Å². The van der Waals surface area contributed by atoms with Crippen LogP contribution in [0.15, 0.2) is 64.6 Å². The molecule has 2 rings (SSSR count). The molecule has 2 aromatic rings. The first-order valence-electron chi connectivity index (χ1n) is 14.2. The second-order valence-corrected chi connectivity index (χ2v) is 10.3. The number of nitrogens with one attached hydrogen (secondary N) is 2. The Bertz CT molecular complexity index is 1340. The maximum Gasteiger partial charge on any atom is 0.328 e. The number of hydrogen-bond donors (Lipinski definition) is 7. The number of ether oxygens (including phenoxy) is 1. The highest BCUT2D eigenvalue weighted by Crippen LogP contribution is 2.14. The van der Waals surface area contributed by atoms with Gasteiger partial charge in [-0.2, -0.15) is 0 Å². The molecule has 0 aliphatic heterocycles. The predicted octanol–water partition coefficient (Wildman–Crippen LogP) is -1.14. The fraction of sp³-hybridized carbons (Fsp3) is 0.400. The van der Waals surface area contributed by atoms with Crippen LogP contribution in [-0.4, -0.2) is 90.5 Å². The quantitative estimate of drug-likeness (QED) is 0.0511. The van der Waals surface area contributed by atoms with E-state index < -0.39 is 47.9 Å². The summed E-state index contributed by atoms with van der Waals surface area (Å²) < 4.78 is 4.78. The summed E-state index contributed by atoms with van der Waals surface area (Å²) >= 11 is 0. The first-order valence-corrected chi connectivity index (χ1v) is 14.2. The third-order valence-corrected chi connectivity index (χ3v) is 6.92. The smallest absolute Gasteiger partial charge is 0.328 e. The monoisotopic (exact) mass is 625 g/mol. The van der Waals surface area contributed by atoms with Crippen molar-refractivity contribution >= 4 is 35.6 Å². The zero-order valence-corrected chi connectivity index (χ0v) is 25.7. The van der Waals surface area contributed by atoms with Crippen LogP contribution in [0.2, 0.25) is 0 Å². The van der Waals surface area contributed by atoms with Gasteiger partial charge in [-0.3, -0.25) is 19.4 Å². The summed E-state index contributed by atoms with van der Waals surface area (Å²) in [6.07, 6.45) is 0.577. The van der Waals surface area contributed by atoms with Crippen molar-refractivity contribution < 1.29 is 29.0 Å². The molecule has 0 aliphatic rings. The van der Waals surface area contributed by atoms with Gasteiger partial charge in [-0.05, 0) is 43.0 Å². The van der Waals surface area contributed by atoms with Gasteiger partial charge in [0.2, 0.25) is 17.7 Å². The topological polar surface area (TPSA) is 254 Å². The third kappa shape index (κ3) is 12.1. The minimum atomic E-state index is -1.14. The second kappa shape index (κ2) is 17.7. The molecule has 15 nitrogen and oxygen atoms in total. The van der Waals surface area contributed by atoms with Crippen LogP contribution in [0, 0.1) is 0 Å². The Morgan fingerprint density at radius 2 is 1.47 bits per heavy atom. The highest BCUT2D eigenvalue weighted by atomic mass is 16.5. The number of aromatic hydroxyl groups is 1. The number of carbonyl (C=O) groups excluding carboxylic acids is 4. The largest absolute Gasteiger partial charge is 0.508 e. The summed E-state index contributed by atoms with van der Waals surface area (Å²) in [4.78, 5) is 62.1. The minimum absolute atomic E-state index is 0.0466. The van der Waals surface area contributed by atoms with Crippen LogP contribution >= 0.6 is 0 Å². The maximum atomic E-state index is 13.7. The molecule has 15 heteroatoms. The SMILES string of the molecule is COC(=O)[C@H](C)N(C)C(=O)[C@H](Cc1ccccc1)NC(=O)[C@@H](CCCN=C(N)N)NC(=O)[C@H](Cc1ccc(O)cc1)N=C(N)N. The van der Waals surface area contributed by atoms with E-state index in [1.165, 1.54) is 38.1 Å². The Morgan fingerprint density at radius 3 is 2.04 bits per heavy atom. The number of nitrogens with zero attached hydrogens (tertiary/aromatic N) is 3. The Morgan fingerprint density at radius 1 is 0.867 bits per heavy atom. The average molecular weight is 626 g/mol. The van der Waals surface area contributed by atoms with E-state index in [1.54, 1.807) is 36.4 Å². The van der Waals surface area contributed by atoms with E-state index in [4.69, 9.17) is 27.7 Å². The van der Waals surface area contributed by atoms with Gasteiger partial charge < -0.3 is 48.3 Å². The molecule has 0 fully saturated rings. The maximum absolute atomic E-state index is 13.7. The van der Waals surface area contributed by atoms with Crippen LogP contribution < -0.4 is 33.6 Å². The molecule has 0 heterocycles. The van der Waals surface area contributed by atoms with E-state index in [1.807, 2.05) is 6.07 Å². The Hall–Kier alpha value is -5.34. The lowest BCUT2D eigenvalue weighted by Gasteiger charge is -2.29. The van der Waals surface area contributed by atoms with Gasteiger partial charge >= 0.3 is 5.97 Å². The van der Waals surface area contributed by atoms with Gasteiger partial charge in [-0.1, -0.05) is 42.5 Å². The lowest BCUT2D eigenvalue weighted by Crippen LogP contribution is -2.57. The summed E-state index contributed by atoms with van der Waals surface area (Å²) in [7, 11) is 2.65. The summed E-state index contributed by atoms with van der Waals surface area (Å²) in [5.74, 6) is -2.89. The Labute approximate surface area is 262 Å². The average Bonchev–Trinajstić information content (AvgIpc) is 3.01. The molecule has 3 amide bonds. The van der Waals surface area contributed by atoms with Crippen LogP contribution in [0.1, 0.15) is 30.9 Å². The number of methoxy groups -OCH3 is 1. The summed E-state index contributed by atoms with van der Waals surface area (Å²) in [6, 6.07) is 10.9. The zero-order valence-electron chi connectivity index (χ0n) is 25.7. The molecule has 0 radical (unpaired) electrons. The number of benzene rings is 2. The molecule has 0 unspecified atom stereocenters. The van der Waals surface area contributed by atoms with Crippen molar-refractivity contribution in [2.45, 2.75) is 56.8 Å². The number of phenols is 1. The molecule has 11 N–H and O–H groups in total. The van der Waals surface area contributed by atoms with E-state index in [0.717, 1.165) is 5.56 Å². The molecule has 0 saturated carbocycles. The molecule has 2 aromatic carbocycles. The normalized spacial score (nSPS) is 13.2. The van der Waals surface area contributed by atoms with Crippen molar-refractivity contribution in [1.82, 2.24) is 15.5 Å². The van der Waals surface area contributed by atoms with Crippen molar-refractivity contribution in [2.75, 3.05) is 20.7 Å². The number of esters is 1. The lowest BCUT2D eigenvalue weighted by atomic mass is 10.0. The number of hydrogen-bond acceptors (Lipinski definition) is 8. The van der Waals surface area contributed by atoms with Gasteiger partial charge in [0, 0.05) is 26.4 Å². The summed E-state index contributed by atoms with van der Waals surface area (Å²) in [5.41, 5.74) is 23.5. The highest BCUT2D eigenvalue weighted by molar-refractivity contribution is 5.95. The summed E-state index contributed by atoms with van der Waals surface area (Å²) in [6.45, 7) is 1.69. The summed E-state index contributed by atoms with van der Waals surface area (Å²) in [5, 5.41) is 15.1. The van der Waals surface area contributed by atoms with Crippen LogP contribution in [-0.2, 0) is 36.8 Å². The fourth-order valence-corrected chi connectivity index (χ4v) is 4.36. The number of nitrogens with two attached hydrogens (primary N) is 4. The molecule has 244 valence electrons. The fourth-order valence-electron chi connectivity index (χ4n) is 4.36. The van der Waals surface area contributed by atoms with Gasteiger partial charge in [-0.15, -0.1) is 0 Å². The van der Waals surface area contributed by atoms with E-state index >= 15 is 0 Å². The van der Waals surface area contributed by atoms with E-state index in [-0.39, 0.29) is 43.5 Å². The molecule has 0 saturated heterocycles. The molecular formula is C30H43N9O6. The molecule has 0 spiro atoms. The van der Waals surface area contributed by atoms with Crippen molar-refractivity contribution in [2.24, 2.45) is 32.9 Å². The second-order valence-electron chi connectivity index (χ2n) is 10.3. The van der Waals surface area contributed by atoms with Crippen molar-refractivity contribution in [3.05, 3.63) is 65.7 Å². The number of phenolic OH excluding ortho intramolecular Hbond substituents is 1. The van der Waals surface area contributed by atoms with Gasteiger partial charge in [0.05, 0.1) is 7.11 Å². The molecule has 0 bridgehead atoms. The number of aliphatic imine (C=N–C) groups is 2. The van der Waals surface area contributed by atoms with Crippen LogP contribution in [0.3, 0.4) is 0 Å². The molecule has 0 aliphatic carbocycles. The van der Waals surface area contributed by atoms with Crippen LogP contribution in [0.25, 0.3) is 0 Å². The van der Waals surface area contributed by atoms with Crippen molar-refractivity contribution in [3.8, 4) is 5.75 Å². The van der Waals surface area contributed by atoms with Crippen molar-refractivity contribution in [1.29, 1.82) is 0 Å².